The molecule has 1 aromatic carbocycles. The van der Waals surface area contributed by atoms with Gasteiger partial charge in [0, 0.05) is 12.3 Å². The molecule has 7 heteroatoms. The van der Waals surface area contributed by atoms with Crippen LogP contribution in [0.4, 0.5) is 0 Å². The molecule has 1 aliphatic rings. The number of ketones is 3. The molecule has 0 unspecified atom stereocenters. The molecule has 1 fully saturated rings. The molecule has 0 bridgehead atoms. The van der Waals surface area contributed by atoms with Crippen molar-refractivity contribution in [2.75, 3.05) is 21.3 Å². The summed E-state index contributed by atoms with van der Waals surface area (Å²) >= 11 is 0. The molecule has 0 heterocycles. The highest BCUT2D eigenvalue weighted by molar-refractivity contribution is 6.05. The summed E-state index contributed by atoms with van der Waals surface area (Å²) < 4.78 is 16.0. The first-order valence-electron chi connectivity index (χ1n) is 8.64. The summed E-state index contributed by atoms with van der Waals surface area (Å²) in [6.07, 6.45) is -0.248. The van der Waals surface area contributed by atoms with Crippen molar-refractivity contribution < 1.29 is 33.7 Å². The number of benzene rings is 1. The van der Waals surface area contributed by atoms with Crippen molar-refractivity contribution in [2.45, 2.75) is 38.7 Å². The van der Waals surface area contributed by atoms with Crippen molar-refractivity contribution >= 4 is 17.3 Å². The zero-order valence-corrected chi connectivity index (χ0v) is 16.5. The lowest BCUT2D eigenvalue weighted by atomic mass is 9.60. The van der Waals surface area contributed by atoms with Gasteiger partial charge in [0.1, 0.15) is 17.3 Å². The molecule has 1 aliphatic carbocycles. The Kier molecular flexibility index (Phi) is 5.94. The molecule has 0 amide bonds. The molecular formula is C20H26O7. The molecular weight excluding hydrogens is 352 g/mol. The van der Waals surface area contributed by atoms with Gasteiger partial charge < -0.3 is 19.3 Å². The number of carbonyl (C=O) groups is 3. The van der Waals surface area contributed by atoms with Gasteiger partial charge in [-0.05, 0) is 38.5 Å². The number of hydrogen-bond donors (Lipinski definition) is 1. The molecule has 1 aromatic rings. The second-order valence-corrected chi connectivity index (χ2v) is 7.16. The van der Waals surface area contributed by atoms with Crippen molar-refractivity contribution in [2.24, 2.45) is 11.8 Å². The van der Waals surface area contributed by atoms with Gasteiger partial charge in [-0.1, -0.05) is 0 Å². The number of methoxy groups -OCH3 is 3. The number of hydrogen-bond acceptors (Lipinski definition) is 7. The van der Waals surface area contributed by atoms with E-state index in [-0.39, 0.29) is 23.8 Å². The lowest BCUT2D eigenvalue weighted by Crippen LogP contribution is -2.53. The standard InChI is InChI=1S/C20H26O7/c1-10(21)16-13(23)9-20(3,24)18(11(2)22)17(16)12-7-14(25-4)19(27-6)15(8-12)26-5/h7-8,16-18,24H,9H2,1-6H3/t16-,17+,18-,20-/m0/s1. The molecule has 1 N–H and O–H groups in total. The predicted molar refractivity (Wildman–Crippen MR) is 97.4 cm³/mol. The Morgan fingerprint density at radius 2 is 1.56 bits per heavy atom. The third kappa shape index (κ3) is 3.69. The number of rotatable bonds is 6. The summed E-state index contributed by atoms with van der Waals surface area (Å²) in [7, 11) is 4.37. The number of ether oxygens (including phenoxy) is 3. The first kappa shape index (κ1) is 20.9. The van der Waals surface area contributed by atoms with Crippen LogP contribution in [0.1, 0.15) is 38.7 Å². The maximum atomic E-state index is 12.7. The van der Waals surface area contributed by atoms with E-state index < -0.39 is 23.4 Å². The van der Waals surface area contributed by atoms with Gasteiger partial charge in [-0.15, -0.1) is 0 Å². The highest BCUT2D eigenvalue weighted by Crippen LogP contribution is 2.49. The van der Waals surface area contributed by atoms with Crippen LogP contribution in [-0.2, 0) is 14.4 Å². The highest BCUT2D eigenvalue weighted by atomic mass is 16.5. The van der Waals surface area contributed by atoms with E-state index in [0.717, 1.165) is 0 Å². The molecule has 0 saturated heterocycles. The van der Waals surface area contributed by atoms with Gasteiger partial charge in [0.05, 0.1) is 38.8 Å². The monoisotopic (exact) mass is 378 g/mol. The van der Waals surface area contributed by atoms with E-state index in [9.17, 15) is 19.5 Å². The van der Waals surface area contributed by atoms with Gasteiger partial charge in [0.25, 0.3) is 0 Å². The summed E-state index contributed by atoms with van der Waals surface area (Å²) in [6.45, 7) is 4.14. The molecule has 0 radical (unpaired) electrons. The molecule has 27 heavy (non-hydrogen) atoms. The van der Waals surface area contributed by atoms with Gasteiger partial charge in [-0.2, -0.15) is 0 Å². The molecule has 148 valence electrons. The largest absolute Gasteiger partial charge is 0.493 e. The fourth-order valence-corrected chi connectivity index (χ4v) is 4.20. The van der Waals surface area contributed by atoms with Crippen molar-refractivity contribution in [1.29, 1.82) is 0 Å². The van der Waals surface area contributed by atoms with Crippen molar-refractivity contribution in [3.63, 3.8) is 0 Å². The van der Waals surface area contributed by atoms with Crippen LogP contribution in [0.15, 0.2) is 12.1 Å². The number of carbonyl (C=O) groups excluding carboxylic acids is 3. The van der Waals surface area contributed by atoms with Crippen LogP contribution >= 0.6 is 0 Å². The number of Topliss-reactive ketones (excluding diaryl/α,β-unsaturated/α-hetero) is 3. The maximum Gasteiger partial charge on any atom is 0.203 e. The summed E-state index contributed by atoms with van der Waals surface area (Å²) in [5.74, 6) is -2.76. The third-order valence-electron chi connectivity index (χ3n) is 5.22. The average molecular weight is 378 g/mol. The maximum absolute atomic E-state index is 12.7. The van der Waals surface area contributed by atoms with Crippen LogP contribution in [0.2, 0.25) is 0 Å². The third-order valence-corrected chi connectivity index (χ3v) is 5.22. The molecule has 7 nitrogen and oxygen atoms in total. The summed E-state index contributed by atoms with van der Waals surface area (Å²) in [5.41, 5.74) is -1.06. The zero-order chi connectivity index (χ0) is 20.5. The Labute approximate surface area is 158 Å². The smallest absolute Gasteiger partial charge is 0.203 e. The van der Waals surface area contributed by atoms with Gasteiger partial charge in [-0.25, -0.2) is 0 Å². The topological polar surface area (TPSA) is 99.1 Å². The Morgan fingerprint density at radius 3 is 1.93 bits per heavy atom. The van der Waals surface area contributed by atoms with Crippen LogP contribution < -0.4 is 14.2 Å². The van der Waals surface area contributed by atoms with Crippen molar-refractivity contribution in [3.8, 4) is 17.2 Å². The van der Waals surface area contributed by atoms with Crippen LogP contribution in [-0.4, -0.2) is 49.4 Å². The van der Waals surface area contributed by atoms with E-state index >= 15 is 0 Å². The quantitative estimate of drug-likeness (QED) is 0.755. The lowest BCUT2D eigenvalue weighted by molar-refractivity contribution is -0.151. The molecule has 1 saturated carbocycles. The van der Waals surface area contributed by atoms with Crippen molar-refractivity contribution in [1.82, 2.24) is 0 Å². The second-order valence-electron chi connectivity index (χ2n) is 7.16. The molecule has 0 aliphatic heterocycles. The molecule has 4 atom stereocenters. The minimum absolute atomic E-state index is 0.248. The SMILES string of the molecule is COc1cc([C@@H]2[C@@H](C(C)=O)C(=O)C[C@](C)(O)[C@H]2C(C)=O)cc(OC)c1OC. The fraction of sp³-hybridized carbons (Fsp3) is 0.550. The average Bonchev–Trinajstić information content (AvgIpc) is 2.57. The van der Waals surface area contributed by atoms with Crippen LogP contribution in [0.3, 0.4) is 0 Å². The lowest BCUT2D eigenvalue weighted by Gasteiger charge is -2.44. The Morgan fingerprint density at radius 1 is 1.04 bits per heavy atom. The first-order valence-corrected chi connectivity index (χ1v) is 8.64. The Balaban J connectivity index is 2.77. The van der Waals surface area contributed by atoms with Gasteiger partial charge in [0.2, 0.25) is 5.75 Å². The van der Waals surface area contributed by atoms with Crippen molar-refractivity contribution in [3.05, 3.63) is 17.7 Å². The van der Waals surface area contributed by atoms with E-state index in [4.69, 9.17) is 14.2 Å². The Bertz CT molecular complexity index is 741. The van der Waals surface area contributed by atoms with Crippen LogP contribution in [0.5, 0.6) is 17.2 Å². The van der Waals surface area contributed by atoms with E-state index in [1.54, 1.807) is 12.1 Å². The summed E-state index contributed by atoms with van der Waals surface area (Å²) in [4.78, 5) is 37.4. The molecule has 2 rings (SSSR count). The highest BCUT2D eigenvalue weighted by Gasteiger charge is 2.54. The summed E-state index contributed by atoms with van der Waals surface area (Å²) in [5, 5.41) is 10.8. The first-order chi connectivity index (χ1) is 12.6. The summed E-state index contributed by atoms with van der Waals surface area (Å²) in [6, 6.07) is 3.24. The van der Waals surface area contributed by atoms with Crippen LogP contribution in [0.25, 0.3) is 0 Å². The molecule has 0 spiro atoms. The minimum Gasteiger partial charge on any atom is -0.493 e. The van der Waals surface area contributed by atoms with Crippen LogP contribution in [0, 0.1) is 11.8 Å². The Hall–Kier alpha value is -2.41. The van der Waals surface area contributed by atoms with E-state index in [0.29, 0.717) is 22.8 Å². The van der Waals surface area contributed by atoms with E-state index in [1.807, 2.05) is 0 Å². The van der Waals surface area contributed by atoms with Gasteiger partial charge >= 0.3 is 0 Å². The normalized spacial score (nSPS) is 27.8. The van der Waals surface area contributed by atoms with Gasteiger partial charge in [-0.3, -0.25) is 14.4 Å². The minimum atomic E-state index is -1.56. The molecule has 0 aromatic heterocycles. The van der Waals surface area contributed by atoms with Gasteiger partial charge in [0.15, 0.2) is 11.5 Å². The van der Waals surface area contributed by atoms with E-state index in [1.165, 1.54) is 42.1 Å². The zero-order valence-electron chi connectivity index (χ0n) is 16.5. The second kappa shape index (κ2) is 7.68. The fourth-order valence-electron chi connectivity index (χ4n) is 4.20. The predicted octanol–water partition coefficient (Wildman–Crippen LogP) is 1.93. The number of aliphatic hydroxyl groups is 1. The van der Waals surface area contributed by atoms with E-state index in [2.05, 4.69) is 0 Å².